The van der Waals surface area contributed by atoms with Crippen molar-refractivity contribution in [1.82, 2.24) is 4.90 Å². The molecule has 108 valence electrons. The van der Waals surface area contributed by atoms with Gasteiger partial charge in [0.2, 0.25) is 0 Å². The molecule has 1 aliphatic heterocycles. The second-order valence-electron chi connectivity index (χ2n) is 5.15. The SMILES string of the molecule is Clc1ccc(CC2=NCCN2Cc2ccc(Cl)cc2)cc1. The molecule has 0 aliphatic carbocycles. The molecule has 0 bridgehead atoms. The smallest absolute Gasteiger partial charge is 0.104 e. The number of hydrogen-bond donors (Lipinski definition) is 0. The Morgan fingerprint density at radius 3 is 2.05 bits per heavy atom. The third kappa shape index (κ3) is 3.78. The molecule has 2 aromatic rings. The molecule has 0 saturated carbocycles. The van der Waals surface area contributed by atoms with Gasteiger partial charge in [-0.3, -0.25) is 4.99 Å². The van der Waals surface area contributed by atoms with E-state index in [1.54, 1.807) is 0 Å². The summed E-state index contributed by atoms with van der Waals surface area (Å²) in [5.41, 5.74) is 2.49. The first-order valence-electron chi connectivity index (χ1n) is 6.98. The second kappa shape index (κ2) is 6.50. The standard InChI is InChI=1S/C17H16Cl2N2/c18-15-5-1-13(2-6-15)11-17-20-9-10-21(17)12-14-3-7-16(19)8-4-14/h1-8H,9-12H2. The van der Waals surface area contributed by atoms with Crippen LogP contribution in [0.4, 0.5) is 0 Å². The van der Waals surface area contributed by atoms with Crippen molar-refractivity contribution in [2.75, 3.05) is 13.1 Å². The maximum atomic E-state index is 5.93. The summed E-state index contributed by atoms with van der Waals surface area (Å²) in [5, 5.41) is 1.54. The summed E-state index contributed by atoms with van der Waals surface area (Å²) < 4.78 is 0. The zero-order valence-electron chi connectivity index (χ0n) is 11.6. The average Bonchev–Trinajstić information content (AvgIpc) is 2.91. The minimum atomic E-state index is 0.769. The van der Waals surface area contributed by atoms with Crippen LogP contribution in [0.3, 0.4) is 0 Å². The highest BCUT2D eigenvalue weighted by molar-refractivity contribution is 6.30. The highest BCUT2D eigenvalue weighted by atomic mass is 35.5. The lowest BCUT2D eigenvalue weighted by atomic mass is 10.1. The predicted molar refractivity (Wildman–Crippen MR) is 89.3 cm³/mol. The summed E-state index contributed by atoms with van der Waals surface area (Å²) in [7, 11) is 0. The van der Waals surface area contributed by atoms with Crippen molar-refractivity contribution in [2.45, 2.75) is 13.0 Å². The van der Waals surface area contributed by atoms with Gasteiger partial charge >= 0.3 is 0 Å². The van der Waals surface area contributed by atoms with Crippen LogP contribution in [0.1, 0.15) is 11.1 Å². The fraction of sp³-hybridized carbons (Fsp3) is 0.235. The molecule has 0 spiro atoms. The summed E-state index contributed by atoms with van der Waals surface area (Å²) in [5.74, 6) is 1.15. The fourth-order valence-corrected chi connectivity index (χ4v) is 2.71. The van der Waals surface area contributed by atoms with E-state index in [0.717, 1.165) is 41.9 Å². The first kappa shape index (κ1) is 14.4. The molecule has 0 saturated heterocycles. The van der Waals surface area contributed by atoms with Gasteiger partial charge in [0.15, 0.2) is 0 Å². The van der Waals surface area contributed by atoms with Gasteiger partial charge in [-0.15, -0.1) is 0 Å². The molecule has 1 aliphatic rings. The van der Waals surface area contributed by atoms with Crippen LogP contribution in [0.25, 0.3) is 0 Å². The van der Waals surface area contributed by atoms with Crippen molar-refractivity contribution in [3.63, 3.8) is 0 Å². The third-order valence-corrected chi connectivity index (χ3v) is 4.10. The van der Waals surface area contributed by atoms with Gasteiger partial charge in [-0.25, -0.2) is 0 Å². The van der Waals surface area contributed by atoms with Gasteiger partial charge in [0, 0.05) is 29.6 Å². The Hall–Kier alpha value is -1.51. The Labute approximate surface area is 135 Å². The largest absolute Gasteiger partial charge is 0.354 e. The van der Waals surface area contributed by atoms with Crippen LogP contribution in [-0.2, 0) is 13.0 Å². The Morgan fingerprint density at radius 1 is 0.857 bits per heavy atom. The van der Waals surface area contributed by atoms with Crippen molar-refractivity contribution in [2.24, 2.45) is 4.99 Å². The molecule has 0 atom stereocenters. The van der Waals surface area contributed by atoms with Gasteiger partial charge in [0.05, 0.1) is 6.54 Å². The van der Waals surface area contributed by atoms with Crippen LogP contribution < -0.4 is 0 Å². The molecular formula is C17H16Cl2N2. The Kier molecular flexibility index (Phi) is 4.47. The lowest BCUT2D eigenvalue weighted by Crippen LogP contribution is -2.28. The molecular weight excluding hydrogens is 303 g/mol. The van der Waals surface area contributed by atoms with E-state index in [1.165, 1.54) is 11.1 Å². The molecule has 21 heavy (non-hydrogen) atoms. The van der Waals surface area contributed by atoms with Crippen LogP contribution >= 0.6 is 23.2 Å². The van der Waals surface area contributed by atoms with Gasteiger partial charge < -0.3 is 4.90 Å². The Morgan fingerprint density at radius 2 is 1.43 bits per heavy atom. The van der Waals surface area contributed by atoms with E-state index in [-0.39, 0.29) is 0 Å². The van der Waals surface area contributed by atoms with Crippen LogP contribution in [0.5, 0.6) is 0 Å². The molecule has 0 unspecified atom stereocenters. The zero-order chi connectivity index (χ0) is 14.7. The number of benzene rings is 2. The molecule has 1 heterocycles. The van der Waals surface area contributed by atoms with Crippen LogP contribution in [0.2, 0.25) is 10.0 Å². The van der Waals surface area contributed by atoms with Crippen molar-refractivity contribution in [1.29, 1.82) is 0 Å². The highest BCUT2D eigenvalue weighted by Crippen LogP contribution is 2.16. The van der Waals surface area contributed by atoms with E-state index in [1.807, 2.05) is 24.3 Å². The molecule has 0 amide bonds. The minimum absolute atomic E-state index is 0.769. The molecule has 0 fully saturated rings. The topological polar surface area (TPSA) is 15.6 Å². The van der Waals surface area contributed by atoms with Crippen molar-refractivity contribution in [3.8, 4) is 0 Å². The summed E-state index contributed by atoms with van der Waals surface area (Å²) in [4.78, 5) is 6.96. The lowest BCUT2D eigenvalue weighted by Gasteiger charge is -2.20. The van der Waals surface area contributed by atoms with E-state index in [4.69, 9.17) is 23.2 Å². The van der Waals surface area contributed by atoms with Crippen LogP contribution in [-0.4, -0.2) is 23.8 Å². The highest BCUT2D eigenvalue weighted by Gasteiger charge is 2.17. The maximum absolute atomic E-state index is 5.93. The minimum Gasteiger partial charge on any atom is -0.354 e. The summed E-state index contributed by atoms with van der Waals surface area (Å²) >= 11 is 11.9. The van der Waals surface area contributed by atoms with Gasteiger partial charge in [0.25, 0.3) is 0 Å². The number of amidine groups is 1. The predicted octanol–water partition coefficient (Wildman–Crippen LogP) is 4.45. The van der Waals surface area contributed by atoms with E-state index < -0.39 is 0 Å². The van der Waals surface area contributed by atoms with Crippen LogP contribution in [0.15, 0.2) is 53.5 Å². The molecule has 2 aromatic carbocycles. The first-order chi connectivity index (χ1) is 10.2. The molecule has 0 aromatic heterocycles. The average molecular weight is 319 g/mol. The summed E-state index contributed by atoms with van der Waals surface area (Å²) in [6, 6.07) is 16.0. The Balaban J connectivity index is 1.67. The molecule has 4 heteroatoms. The third-order valence-electron chi connectivity index (χ3n) is 3.59. The molecule has 0 N–H and O–H groups in total. The van der Waals surface area contributed by atoms with Crippen LogP contribution in [0, 0.1) is 0 Å². The molecule has 3 rings (SSSR count). The maximum Gasteiger partial charge on any atom is 0.104 e. The number of aliphatic imine (C=N–C) groups is 1. The zero-order valence-corrected chi connectivity index (χ0v) is 13.1. The fourth-order valence-electron chi connectivity index (χ4n) is 2.46. The number of halogens is 2. The van der Waals surface area contributed by atoms with Gasteiger partial charge in [0.1, 0.15) is 5.84 Å². The van der Waals surface area contributed by atoms with Crippen molar-refractivity contribution >= 4 is 29.0 Å². The quantitative estimate of drug-likeness (QED) is 0.813. The van der Waals surface area contributed by atoms with Crippen molar-refractivity contribution < 1.29 is 0 Å². The van der Waals surface area contributed by atoms with E-state index >= 15 is 0 Å². The van der Waals surface area contributed by atoms with Gasteiger partial charge in [-0.05, 0) is 35.4 Å². The molecule has 0 radical (unpaired) electrons. The molecule has 2 nitrogen and oxygen atoms in total. The number of nitrogens with zero attached hydrogens (tertiary/aromatic N) is 2. The van der Waals surface area contributed by atoms with E-state index in [9.17, 15) is 0 Å². The van der Waals surface area contributed by atoms with E-state index in [0.29, 0.717) is 0 Å². The number of rotatable bonds is 4. The monoisotopic (exact) mass is 318 g/mol. The summed E-state index contributed by atoms with van der Waals surface area (Å²) in [6.45, 7) is 2.73. The van der Waals surface area contributed by atoms with Gasteiger partial charge in [-0.2, -0.15) is 0 Å². The first-order valence-corrected chi connectivity index (χ1v) is 7.73. The van der Waals surface area contributed by atoms with Gasteiger partial charge in [-0.1, -0.05) is 47.5 Å². The summed E-state index contributed by atoms with van der Waals surface area (Å²) in [6.07, 6.45) is 0.852. The van der Waals surface area contributed by atoms with E-state index in [2.05, 4.69) is 34.2 Å². The second-order valence-corrected chi connectivity index (χ2v) is 6.02. The Bertz CT molecular complexity index is 633. The lowest BCUT2D eigenvalue weighted by molar-refractivity contribution is 0.446. The normalized spacial score (nSPS) is 14.4. The number of hydrogen-bond acceptors (Lipinski definition) is 2. The van der Waals surface area contributed by atoms with Crippen molar-refractivity contribution in [3.05, 3.63) is 69.7 Å².